The Bertz CT molecular complexity index is 3380. The number of esters is 12. The number of rotatable bonds is 20. The van der Waals surface area contributed by atoms with Crippen molar-refractivity contribution < 1.29 is 153 Å². The average Bonchev–Trinajstić information content (AvgIpc) is 0.673. The van der Waals surface area contributed by atoms with Gasteiger partial charge in [0.05, 0.1) is 36.9 Å². The molecule has 32 heteroatoms. The Hall–Kier alpha value is -6.94. The highest BCUT2D eigenvalue weighted by molar-refractivity contribution is 5.79. The fourth-order valence-electron chi connectivity index (χ4n) is 19.3. The van der Waals surface area contributed by atoms with Gasteiger partial charge in [-0.3, -0.25) is 57.5 Å². The summed E-state index contributed by atoms with van der Waals surface area (Å²) in [6, 6.07) is 0. The number of aliphatic hydroxyl groups excluding tert-OH is 1. The van der Waals surface area contributed by atoms with Crippen LogP contribution in [-0.2, 0) is 148 Å². The maximum atomic E-state index is 15.5. The van der Waals surface area contributed by atoms with Crippen LogP contribution in [0.15, 0.2) is 11.6 Å². The second-order valence-corrected chi connectivity index (χ2v) is 32.0. The smallest absolute Gasteiger partial charge is 0.315 e. The van der Waals surface area contributed by atoms with Gasteiger partial charge in [0.15, 0.2) is 79.9 Å². The first-order valence-corrected chi connectivity index (χ1v) is 36.3. The summed E-state index contributed by atoms with van der Waals surface area (Å²) in [7, 11) is 0. The third kappa shape index (κ3) is 17.2. The number of ether oxygens (including phenoxy) is 19. The van der Waals surface area contributed by atoms with Gasteiger partial charge < -0.3 is 95.1 Å². The zero-order valence-electron chi connectivity index (χ0n) is 63.9. The normalized spacial score (nSPS) is 40.6. The summed E-state index contributed by atoms with van der Waals surface area (Å²) in [6.07, 6.45) is -23.6. The van der Waals surface area contributed by atoms with E-state index >= 15 is 4.79 Å². The second-order valence-electron chi connectivity index (χ2n) is 32.0. The van der Waals surface area contributed by atoms with Crippen LogP contribution >= 0.6 is 0 Å². The Labute approximate surface area is 616 Å². The second kappa shape index (κ2) is 32.3. The Morgan fingerprint density at radius 3 is 1.44 bits per heavy atom. The summed E-state index contributed by atoms with van der Waals surface area (Å²) >= 11 is 0. The molecule has 4 aliphatic heterocycles. The van der Waals surface area contributed by atoms with E-state index in [2.05, 4.69) is 40.7 Å². The molecule has 5 aliphatic carbocycles. The molecule has 32 nitrogen and oxygen atoms in total. The molecule has 0 unspecified atom stereocenters. The number of carbonyl (C=O) groups is 12. The number of aliphatic hydroxyl groups is 1. The fraction of sp³-hybridized carbons (Fsp3) is 0.811. The lowest BCUT2D eigenvalue weighted by Crippen LogP contribution is -2.69. The van der Waals surface area contributed by atoms with Gasteiger partial charge in [0.1, 0.15) is 18.8 Å². The molecule has 4 heterocycles. The zero-order valence-corrected chi connectivity index (χ0v) is 63.9. The number of fused-ring (bicyclic) bond motifs is 7. The first-order valence-electron chi connectivity index (χ1n) is 36.3. The monoisotopic (exact) mass is 1510 g/mol. The van der Waals surface area contributed by atoms with Crippen LogP contribution in [0.1, 0.15) is 189 Å². The largest absolute Gasteiger partial charge is 0.463 e. The van der Waals surface area contributed by atoms with E-state index in [4.69, 9.17) is 90.0 Å². The van der Waals surface area contributed by atoms with Crippen molar-refractivity contribution in [1.29, 1.82) is 0 Å². The quantitative estimate of drug-likeness (QED) is 0.0678. The predicted molar refractivity (Wildman–Crippen MR) is 356 cm³/mol. The molecule has 9 aliphatic rings. The van der Waals surface area contributed by atoms with Gasteiger partial charge in [-0.2, -0.15) is 0 Å². The third-order valence-electron chi connectivity index (χ3n) is 23.6. The van der Waals surface area contributed by atoms with Crippen molar-refractivity contribution in [3.8, 4) is 0 Å². The minimum atomic E-state index is -1.88. The standard InChI is InChI=1S/C74H106O32/c1-33-53(93-36(4)77)57(97-40(8)81)61(101-44(12)85)66(91-33)106-68(87)74-26-24-69(13,14)28-46(74)45-20-21-52-71(17)29-47(86)63(70(15,16)51(71)22-23-73(52,19)72(45,18)25-27-74)105-67-62(58(98-41(9)82)54(94-37(5)78)49(103-67)30-88-34(2)75)104-65-60(100-43(11)84)56(96-39(7)80)50(32-90-65)102-64-59(99-42(10)83)55(95-38(6)79)48(31-89-64)92-35(3)76/h20,33,46-67,86H,21-32H2,1-19H3/t33-,46-,47+,48-,49+,50+,51-,52+,53-,54+,55-,56-,57+,58-,59+,60+,61+,62+,63-,64-,65-,66-,67-,71-,72+,73+,74-/m0/s1. The summed E-state index contributed by atoms with van der Waals surface area (Å²) in [5, 5.41) is 13.2. The molecule has 0 amide bonds. The minimum absolute atomic E-state index is 0.0822. The lowest BCUT2D eigenvalue weighted by atomic mass is 9.33. The van der Waals surface area contributed by atoms with Crippen LogP contribution in [0.5, 0.6) is 0 Å². The van der Waals surface area contributed by atoms with Crippen LogP contribution in [0.2, 0.25) is 0 Å². The van der Waals surface area contributed by atoms with E-state index in [1.807, 2.05) is 13.8 Å². The van der Waals surface area contributed by atoms with Crippen molar-refractivity contribution >= 4 is 71.6 Å². The van der Waals surface area contributed by atoms with Crippen molar-refractivity contribution in [3.05, 3.63) is 11.6 Å². The summed E-state index contributed by atoms with van der Waals surface area (Å²) in [5.74, 6) is -10.5. The average molecular weight is 1510 g/mol. The Morgan fingerprint density at radius 1 is 0.443 bits per heavy atom. The number of hydrogen-bond acceptors (Lipinski definition) is 32. The molecule has 4 saturated heterocycles. The molecule has 1 N–H and O–H groups in total. The van der Waals surface area contributed by atoms with Crippen LogP contribution < -0.4 is 0 Å². The Kier molecular flexibility index (Phi) is 25.3. The Balaban J connectivity index is 1.04. The number of allylic oxidation sites excluding steroid dienone is 2. The van der Waals surface area contributed by atoms with Gasteiger partial charge in [0, 0.05) is 76.2 Å². The SMILES string of the molecule is CC(=O)OC[C@H]1O[C@@H](O[C@H]2[C@H](O)C[C@]3(C)[C@H]4CC=C5[C@@H]6CC(C)(C)CC[C@]6(C(=O)O[C@@H]6O[C@@H](C)[C@H](OC(C)=O)[C@@H](OC(C)=O)[C@H]6OC(C)=O)CC[C@@]5(C)[C@]4(C)CC[C@H]3C2(C)C)[C@H](O[C@@H]2OC[C@@H](O[C@@H]3OC[C@H](OC(C)=O)[C@H](OC(C)=O)[C@H]3OC(C)=O)[C@H](OC(C)=O)[C@H]2OC(C)=O)[C@@H](OC(C)=O)[C@@H]1OC(C)=O. The van der Waals surface area contributed by atoms with E-state index in [1.54, 1.807) is 6.92 Å². The van der Waals surface area contributed by atoms with Crippen LogP contribution in [0.3, 0.4) is 0 Å². The van der Waals surface area contributed by atoms with Crippen molar-refractivity contribution in [1.82, 2.24) is 0 Å². The van der Waals surface area contributed by atoms with Crippen molar-refractivity contribution in [3.63, 3.8) is 0 Å². The fourth-order valence-corrected chi connectivity index (χ4v) is 19.3. The van der Waals surface area contributed by atoms with Crippen molar-refractivity contribution in [2.45, 2.75) is 312 Å². The molecule has 0 bridgehead atoms. The molecule has 9 rings (SSSR count). The topological polar surface area (TPSA) is 400 Å². The molecule has 106 heavy (non-hydrogen) atoms. The lowest BCUT2D eigenvalue weighted by molar-refractivity contribution is -0.381. The molecule has 0 aromatic rings. The lowest BCUT2D eigenvalue weighted by Gasteiger charge is -2.71. The summed E-state index contributed by atoms with van der Waals surface area (Å²) in [4.78, 5) is 156. The van der Waals surface area contributed by atoms with Gasteiger partial charge >= 0.3 is 71.6 Å². The summed E-state index contributed by atoms with van der Waals surface area (Å²) in [6.45, 7) is 27.1. The van der Waals surface area contributed by atoms with E-state index < -0.39 is 241 Å². The van der Waals surface area contributed by atoms with Crippen LogP contribution in [0, 0.1) is 50.2 Å². The zero-order chi connectivity index (χ0) is 78.4. The summed E-state index contributed by atoms with van der Waals surface area (Å²) < 4.78 is 115. The molecule has 0 spiro atoms. The minimum Gasteiger partial charge on any atom is -0.463 e. The number of carbonyl (C=O) groups excluding carboxylic acids is 12. The summed E-state index contributed by atoms with van der Waals surface area (Å²) in [5.41, 5.74) is -2.74. The molecule has 0 aromatic carbocycles. The van der Waals surface area contributed by atoms with E-state index in [-0.39, 0.29) is 29.6 Å². The first kappa shape index (κ1) is 83.1. The van der Waals surface area contributed by atoms with Gasteiger partial charge in [-0.1, -0.05) is 60.1 Å². The molecular formula is C74H106O32. The molecule has 594 valence electrons. The van der Waals surface area contributed by atoms with E-state index in [0.717, 1.165) is 74.8 Å². The molecule has 27 atom stereocenters. The Morgan fingerprint density at radius 2 is 0.906 bits per heavy atom. The molecule has 0 radical (unpaired) electrons. The third-order valence-corrected chi connectivity index (χ3v) is 23.6. The maximum absolute atomic E-state index is 15.5. The first-order chi connectivity index (χ1) is 49.4. The van der Waals surface area contributed by atoms with E-state index in [9.17, 15) is 57.8 Å². The van der Waals surface area contributed by atoms with Crippen molar-refractivity contribution in [2.24, 2.45) is 50.2 Å². The van der Waals surface area contributed by atoms with Gasteiger partial charge in [-0.25, -0.2) is 0 Å². The highest BCUT2D eigenvalue weighted by Gasteiger charge is 2.72. The van der Waals surface area contributed by atoms with Crippen LogP contribution in [0.25, 0.3) is 0 Å². The van der Waals surface area contributed by atoms with E-state index in [1.165, 1.54) is 6.92 Å². The van der Waals surface area contributed by atoms with Gasteiger partial charge in [0.25, 0.3) is 0 Å². The van der Waals surface area contributed by atoms with Crippen LogP contribution in [0.4, 0.5) is 0 Å². The number of hydrogen-bond donors (Lipinski definition) is 1. The van der Waals surface area contributed by atoms with Crippen molar-refractivity contribution in [2.75, 3.05) is 19.8 Å². The maximum Gasteiger partial charge on any atom is 0.315 e. The van der Waals surface area contributed by atoms with E-state index in [0.29, 0.717) is 51.4 Å². The predicted octanol–water partition coefficient (Wildman–Crippen LogP) is 5.52. The molecule has 4 saturated carbocycles. The molecule has 0 aromatic heterocycles. The van der Waals surface area contributed by atoms with Crippen LogP contribution in [-0.4, -0.2) is 219 Å². The molecular weight excluding hydrogens is 1400 g/mol. The van der Waals surface area contributed by atoms with Gasteiger partial charge in [0.2, 0.25) is 12.4 Å². The highest BCUT2D eigenvalue weighted by Crippen LogP contribution is 2.76. The molecule has 8 fully saturated rings. The van der Waals surface area contributed by atoms with Gasteiger partial charge in [-0.15, -0.1) is 0 Å². The highest BCUT2D eigenvalue weighted by atomic mass is 16.8. The van der Waals surface area contributed by atoms with Gasteiger partial charge in [-0.05, 0) is 110 Å².